The van der Waals surface area contributed by atoms with Crippen LogP contribution in [0.1, 0.15) is 11.4 Å². The van der Waals surface area contributed by atoms with Gasteiger partial charge in [0.25, 0.3) is 5.56 Å². The first kappa shape index (κ1) is 20.3. The number of aromatic amines is 1. The van der Waals surface area contributed by atoms with Gasteiger partial charge in [-0.05, 0) is 24.3 Å². The van der Waals surface area contributed by atoms with E-state index in [4.69, 9.17) is 9.47 Å². The molecule has 150 valence electrons. The molecule has 29 heavy (non-hydrogen) atoms. The molecule has 0 fully saturated rings. The lowest BCUT2D eigenvalue weighted by atomic mass is 10.2. The zero-order valence-corrected chi connectivity index (χ0v) is 16.4. The van der Waals surface area contributed by atoms with Gasteiger partial charge in [-0.25, -0.2) is 4.98 Å². The number of nitrogens with one attached hydrogen (secondary N) is 1. The molecular formula is C22H23N3O4. The molecule has 0 spiro atoms. The molecule has 0 bridgehead atoms. The molecule has 0 radical (unpaired) electrons. The summed E-state index contributed by atoms with van der Waals surface area (Å²) >= 11 is 0. The molecule has 0 aliphatic heterocycles. The van der Waals surface area contributed by atoms with E-state index in [2.05, 4.69) is 9.97 Å². The van der Waals surface area contributed by atoms with Crippen molar-refractivity contribution >= 4 is 22.9 Å². The summed E-state index contributed by atoms with van der Waals surface area (Å²) in [5.41, 5.74) is 1.16. The second-order valence-corrected chi connectivity index (χ2v) is 6.36. The van der Waals surface area contributed by atoms with E-state index in [0.717, 1.165) is 5.56 Å². The lowest BCUT2D eigenvalue weighted by Gasteiger charge is -2.20. The first-order valence-electron chi connectivity index (χ1n) is 9.19. The Balaban J connectivity index is 1.83. The second-order valence-electron chi connectivity index (χ2n) is 6.36. The fourth-order valence-corrected chi connectivity index (χ4v) is 2.93. The van der Waals surface area contributed by atoms with E-state index in [-0.39, 0.29) is 18.0 Å². The fraction of sp³-hybridized carbons (Fsp3) is 0.227. The van der Waals surface area contributed by atoms with E-state index in [1.165, 1.54) is 6.08 Å². The van der Waals surface area contributed by atoms with Crippen LogP contribution in [0.4, 0.5) is 0 Å². The Hall–Kier alpha value is -3.45. The number of benzene rings is 2. The number of carbonyl (C=O) groups excluding carboxylic acids is 1. The minimum atomic E-state index is -0.227. The lowest BCUT2D eigenvalue weighted by Crippen LogP contribution is -2.33. The number of rotatable bonds is 8. The normalized spacial score (nSPS) is 11.1. The molecule has 0 aliphatic rings. The van der Waals surface area contributed by atoms with Gasteiger partial charge >= 0.3 is 0 Å². The van der Waals surface area contributed by atoms with E-state index < -0.39 is 0 Å². The van der Waals surface area contributed by atoms with Crippen LogP contribution in [0.25, 0.3) is 17.0 Å². The number of ether oxygens (including phenoxy) is 2. The Morgan fingerprint density at radius 2 is 1.90 bits per heavy atom. The van der Waals surface area contributed by atoms with E-state index in [1.54, 1.807) is 43.4 Å². The van der Waals surface area contributed by atoms with E-state index in [0.29, 0.717) is 35.6 Å². The summed E-state index contributed by atoms with van der Waals surface area (Å²) in [6, 6.07) is 14.5. The molecule has 0 saturated carbocycles. The highest BCUT2D eigenvalue weighted by Gasteiger charge is 2.14. The number of amides is 1. The van der Waals surface area contributed by atoms with Crippen LogP contribution in [-0.2, 0) is 16.1 Å². The number of carbonyl (C=O) groups is 1. The SMILES string of the molecule is COCCN(Cc1nc2ccccc2c(=O)[nH]1)C(=O)C=Cc1ccccc1OC. The Morgan fingerprint density at radius 1 is 1.14 bits per heavy atom. The number of hydrogen-bond donors (Lipinski definition) is 1. The van der Waals surface area contributed by atoms with Gasteiger partial charge in [0.2, 0.25) is 5.91 Å². The molecular weight excluding hydrogens is 370 g/mol. The summed E-state index contributed by atoms with van der Waals surface area (Å²) in [5, 5.41) is 0.516. The molecule has 1 N–H and O–H groups in total. The summed E-state index contributed by atoms with van der Waals surface area (Å²) in [6.45, 7) is 0.896. The third-order valence-corrected chi connectivity index (χ3v) is 4.42. The summed E-state index contributed by atoms with van der Waals surface area (Å²) in [4.78, 5) is 33.9. The third-order valence-electron chi connectivity index (χ3n) is 4.42. The summed E-state index contributed by atoms with van der Waals surface area (Å²) in [6.07, 6.45) is 3.18. The van der Waals surface area contributed by atoms with Gasteiger partial charge < -0.3 is 19.4 Å². The zero-order chi connectivity index (χ0) is 20.6. The third kappa shape index (κ3) is 5.08. The number of aromatic nitrogens is 2. The highest BCUT2D eigenvalue weighted by Crippen LogP contribution is 2.18. The standard InChI is InChI=1S/C22H23N3O4/c1-28-14-13-25(21(26)12-11-16-7-3-6-10-19(16)29-2)15-20-23-18-9-5-4-8-17(18)22(27)24-20/h3-12H,13-15H2,1-2H3,(H,23,24,27). The van der Waals surface area contributed by atoms with Crippen LogP contribution in [0.2, 0.25) is 0 Å². The van der Waals surface area contributed by atoms with E-state index in [1.807, 2.05) is 30.3 Å². The maximum absolute atomic E-state index is 12.8. The average molecular weight is 393 g/mol. The smallest absolute Gasteiger partial charge is 0.258 e. The van der Waals surface area contributed by atoms with Crippen molar-refractivity contribution in [1.82, 2.24) is 14.9 Å². The van der Waals surface area contributed by atoms with Crippen molar-refractivity contribution < 1.29 is 14.3 Å². The van der Waals surface area contributed by atoms with Crippen LogP contribution in [0.3, 0.4) is 0 Å². The van der Waals surface area contributed by atoms with Crippen LogP contribution in [-0.4, -0.2) is 48.1 Å². The highest BCUT2D eigenvalue weighted by atomic mass is 16.5. The van der Waals surface area contributed by atoms with Crippen molar-refractivity contribution in [3.63, 3.8) is 0 Å². The molecule has 3 aromatic rings. The highest BCUT2D eigenvalue weighted by molar-refractivity contribution is 5.92. The summed E-state index contributed by atoms with van der Waals surface area (Å²) in [5.74, 6) is 0.883. The molecule has 1 amide bonds. The first-order valence-corrected chi connectivity index (χ1v) is 9.19. The Kier molecular flexibility index (Phi) is 6.76. The summed E-state index contributed by atoms with van der Waals surface area (Å²) < 4.78 is 10.4. The molecule has 7 heteroatoms. The van der Waals surface area contributed by atoms with Crippen molar-refractivity contribution in [3.8, 4) is 5.75 Å². The monoisotopic (exact) mass is 393 g/mol. The van der Waals surface area contributed by atoms with Gasteiger partial charge in [-0.1, -0.05) is 30.3 Å². The van der Waals surface area contributed by atoms with Gasteiger partial charge in [0, 0.05) is 25.3 Å². The Bertz CT molecular complexity index is 1070. The van der Waals surface area contributed by atoms with Gasteiger partial charge in [0.05, 0.1) is 31.2 Å². The lowest BCUT2D eigenvalue weighted by molar-refractivity contribution is -0.127. The topological polar surface area (TPSA) is 84.5 Å². The number of hydrogen-bond acceptors (Lipinski definition) is 5. The average Bonchev–Trinajstić information content (AvgIpc) is 2.75. The van der Waals surface area contributed by atoms with Crippen LogP contribution < -0.4 is 10.3 Å². The molecule has 7 nitrogen and oxygen atoms in total. The number of H-pyrrole nitrogens is 1. The molecule has 3 rings (SSSR count). The first-order chi connectivity index (χ1) is 14.1. The largest absolute Gasteiger partial charge is 0.496 e. The van der Waals surface area contributed by atoms with Crippen LogP contribution >= 0.6 is 0 Å². The van der Waals surface area contributed by atoms with Gasteiger partial charge in [0.15, 0.2) is 0 Å². The van der Waals surface area contributed by atoms with E-state index in [9.17, 15) is 9.59 Å². The number of fused-ring (bicyclic) bond motifs is 1. The van der Waals surface area contributed by atoms with Gasteiger partial charge in [-0.3, -0.25) is 9.59 Å². The van der Waals surface area contributed by atoms with Gasteiger partial charge in [-0.2, -0.15) is 0 Å². The molecule has 0 unspecified atom stereocenters. The molecule has 0 saturated heterocycles. The Morgan fingerprint density at radius 3 is 2.69 bits per heavy atom. The number of nitrogens with zero attached hydrogens (tertiary/aromatic N) is 2. The van der Waals surface area contributed by atoms with Crippen LogP contribution in [0, 0.1) is 0 Å². The molecule has 0 atom stereocenters. The quantitative estimate of drug-likeness (QED) is 0.595. The minimum absolute atomic E-state index is 0.165. The van der Waals surface area contributed by atoms with Crippen molar-refractivity contribution in [2.24, 2.45) is 0 Å². The van der Waals surface area contributed by atoms with Crippen LogP contribution in [0.15, 0.2) is 59.4 Å². The number of para-hydroxylation sites is 2. The molecule has 2 aromatic carbocycles. The second kappa shape index (κ2) is 9.66. The molecule has 1 aromatic heterocycles. The zero-order valence-electron chi connectivity index (χ0n) is 16.4. The Labute approximate surface area is 168 Å². The minimum Gasteiger partial charge on any atom is -0.496 e. The molecule has 0 aliphatic carbocycles. The van der Waals surface area contributed by atoms with Crippen molar-refractivity contribution in [2.75, 3.05) is 27.4 Å². The van der Waals surface area contributed by atoms with Crippen molar-refractivity contribution in [3.05, 3.63) is 76.3 Å². The van der Waals surface area contributed by atoms with Crippen LogP contribution in [0.5, 0.6) is 5.75 Å². The van der Waals surface area contributed by atoms with Crippen molar-refractivity contribution in [2.45, 2.75) is 6.54 Å². The number of methoxy groups -OCH3 is 2. The predicted molar refractivity (Wildman–Crippen MR) is 112 cm³/mol. The predicted octanol–water partition coefficient (Wildman–Crippen LogP) is 2.62. The maximum atomic E-state index is 12.8. The van der Waals surface area contributed by atoms with Gasteiger partial charge in [0.1, 0.15) is 11.6 Å². The molecule has 1 heterocycles. The van der Waals surface area contributed by atoms with Gasteiger partial charge in [-0.15, -0.1) is 0 Å². The van der Waals surface area contributed by atoms with E-state index >= 15 is 0 Å². The maximum Gasteiger partial charge on any atom is 0.258 e. The van der Waals surface area contributed by atoms with Crippen molar-refractivity contribution in [1.29, 1.82) is 0 Å². The fourth-order valence-electron chi connectivity index (χ4n) is 2.93. The summed E-state index contributed by atoms with van der Waals surface area (Å²) in [7, 11) is 3.16.